The van der Waals surface area contributed by atoms with Crippen molar-refractivity contribution in [3.05, 3.63) is 57.6 Å². The molecule has 1 fully saturated rings. The number of hydrogen-bond acceptors (Lipinski definition) is 5. The van der Waals surface area contributed by atoms with Crippen molar-refractivity contribution in [2.45, 2.75) is 55.7 Å². The Bertz CT molecular complexity index is 1090. The van der Waals surface area contributed by atoms with Gasteiger partial charge < -0.3 is 9.55 Å². The molecule has 2 radical (unpaired) electrons. The summed E-state index contributed by atoms with van der Waals surface area (Å²) >= 11 is 3.47. The largest absolute Gasteiger partial charge is 0.449 e. The average molecular weight is 519 g/mol. The first-order valence-electron chi connectivity index (χ1n) is 10.6. The molecule has 6 nitrogen and oxygen atoms in total. The van der Waals surface area contributed by atoms with Gasteiger partial charge in [0.1, 0.15) is 6.61 Å². The molecule has 1 saturated carbocycles. The van der Waals surface area contributed by atoms with Gasteiger partial charge in [-0.25, -0.2) is 13.2 Å². The highest BCUT2D eigenvalue weighted by Gasteiger charge is 2.38. The average Bonchev–Trinajstić information content (AvgIpc) is 3.55. The Labute approximate surface area is 200 Å². The molecule has 3 rings (SSSR count). The second-order valence-corrected chi connectivity index (χ2v) is 11.4. The van der Waals surface area contributed by atoms with Crippen LogP contribution >= 0.6 is 15.9 Å². The van der Waals surface area contributed by atoms with Gasteiger partial charge in [-0.05, 0) is 80.3 Å². The Morgan fingerprint density at radius 2 is 2.00 bits per heavy atom. The second kappa shape index (κ2) is 10.4. The van der Waals surface area contributed by atoms with Crippen molar-refractivity contribution in [3.63, 3.8) is 0 Å². The maximum Gasteiger partial charge on any atom is 0.411 e. The number of nitrogens with zero attached hydrogens (tertiary/aromatic N) is 1. The van der Waals surface area contributed by atoms with Crippen molar-refractivity contribution in [2.75, 3.05) is 19.0 Å². The molecule has 32 heavy (non-hydrogen) atoms. The summed E-state index contributed by atoms with van der Waals surface area (Å²) in [5.74, 6) is 0.0846. The van der Waals surface area contributed by atoms with Gasteiger partial charge in [0.25, 0.3) is 0 Å². The number of sulfone groups is 1. The van der Waals surface area contributed by atoms with Gasteiger partial charge >= 0.3 is 6.09 Å². The molecule has 170 valence electrons. The highest BCUT2D eigenvalue weighted by atomic mass is 79.9. The van der Waals surface area contributed by atoms with Crippen molar-refractivity contribution >= 4 is 45.5 Å². The number of carbonyl (C=O) groups is 1. The van der Waals surface area contributed by atoms with E-state index in [1.807, 2.05) is 25.1 Å². The van der Waals surface area contributed by atoms with Gasteiger partial charge in [-0.3, -0.25) is 5.32 Å². The van der Waals surface area contributed by atoms with E-state index in [4.69, 9.17) is 12.7 Å². The molecule has 1 aliphatic rings. The highest BCUT2D eigenvalue weighted by molar-refractivity contribution is 9.10. The maximum atomic E-state index is 12.7. The SMILES string of the molecule is [B]N(C)Cc1cc(NC(=O)OC[C@H](CC)c2ccc(Br)cc2C)ccc1S(=O)(=O)C1CC1. The van der Waals surface area contributed by atoms with Gasteiger partial charge in [0, 0.05) is 22.6 Å². The van der Waals surface area contributed by atoms with Crippen LogP contribution in [0.5, 0.6) is 0 Å². The molecule has 9 heteroatoms. The first-order chi connectivity index (χ1) is 15.1. The van der Waals surface area contributed by atoms with E-state index < -0.39 is 15.9 Å². The number of carbonyl (C=O) groups excluding carboxylic acids is 1. The predicted octanol–water partition coefficient (Wildman–Crippen LogP) is 4.95. The third-order valence-corrected chi connectivity index (χ3v) is 8.43. The number of rotatable bonds is 9. The fourth-order valence-electron chi connectivity index (χ4n) is 3.74. The van der Waals surface area contributed by atoms with Gasteiger partial charge in [-0.2, -0.15) is 0 Å². The second-order valence-electron chi connectivity index (χ2n) is 8.31. The Balaban J connectivity index is 1.70. The fourth-order valence-corrected chi connectivity index (χ4v) is 6.08. The molecule has 1 amide bonds. The van der Waals surface area contributed by atoms with E-state index in [0.29, 0.717) is 24.1 Å². The molecule has 1 aliphatic carbocycles. The van der Waals surface area contributed by atoms with Gasteiger partial charge in [-0.1, -0.05) is 28.9 Å². The number of aryl methyl sites for hydroxylation is 1. The van der Waals surface area contributed by atoms with E-state index >= 15 is 0 Å². The Kier molecular flexibility index (Phi) is 8.06. The summed E-state index contributed by atoms with van der Waals surface area (Å²) in [6, 6.07) is 10.9. The topological polar surface area (TPSA) is 75.7 Å². The van der Waals surface area contributed by atoms with Crippen LogP contribution < -0.4 is 5.32 Å². The number of benzene rings is 2. The minimum atomic E-state index is -3.38. The van der Waals surface area contributed by atoms with Crippen LogP contribution in [0.2, 0.25) is 0 Å². The monoisotopic (exact) mass is 518 g/mol. The Hall–Kier alpha value is -1.84. The van der Waals surface area contributed by atoms with E-state index in [2.05, 4.69) is 28.2 Å². The van der Waals surface area contributed by atoms with Gasteiger partial charge in [0.15, 0.2) is 17.8 Å². The molecule has 0 heterocycles. The normalized spacial score (nSPS) is 14.9. The molecule has 1 N–H and O–H groups in total. The van der Waals surface area contributed by atoms with Crippen molar-refractivity contribution in [2.24, 2.45) is 0 Å². The lowest BCUT2D eigenvalue weighted by Crippen LogP contribution is -2.20. The summed E-state index contributed by atoms with van der Waals surface area (Å²) < 4.78 is 32.0. The van der Waals surface area contributed by atoms with E-state index in [1.165, 1.54) is 4.81 Å². The quantitative estimate of drug-likeness (QED) is 0.475. The number of amides is 1. The Morgan fingerprint density at radius 3 is 2.59 bits per heavy atom. The first kappa shape index (κ1) is 24.8. The van der Waals surface area contributed by atoms with Crippen LogP contribution in [0.3, 0.4) is 0 Å². The minimum Gasteiger partial charge on any atom is -0.449 e. The molecule has 2 aromatic carbocycles. The molecule has 0 aliphatic heterocycles. The van der Waals surface area contributed by atoms with Crippen molar-refractivity contribution in [1.82, 2.24) is 4.81 Å². The van der Waals surface area contributed by atoms with Gasteiger partial charge in [0.05, 0.1) is 10.1 Å². The summed E-state index contributed by atoms with van der Waals surface area (Å²) in [5.41, 5.74) is 3.30. The third-order valence-electron chi connectivity index (χ3n) is 5.58. The number of hydrogen-bond donors (Lipinski definition) is 1. The van der Waals surface area contributed by atoms with E-state index in [-0.39, 0.29) is 29.2 Å². The molecular weight excluding hydrogens is 491 g/mol. The zero-order chi connectivity index (χ0) is 23.5. The molecule has 0 bridgehead atoms. The fraction of sp³-hybridized carbons (Fsp3) is 0.435. The summed E-state index contributed by atoms with van der Waals surface area (Å²) in [4.78, 5) is 14.1. The zero-order valence-electron chi connectivity index (χ0n) is 18.6. The Morgan fingerprint density at radius 1 is 1.28 bits per heavy atom. The van der Waals surface area contributed by atoms with Crippen LogP contribution in [0.15, 0.2) is 45.8 Å². The lowest BCUT2D eigenvalue weighted by atomic mass is 9.93. The predicted molar refractivity (Wildman–Crippen MR) is 131 cm³/mol. The maximum absolute atomic E-state index is 12.7. The number of anilines is 1. The van der Waals surface area contributed by atoms with Crippen molar-refractivity contribution < 1.29 is 17.9 Å². The van der Waals surface area contributed by atoms with Gasteiger partial charge in [-0.15, -0.1) is 0 Å². The van der Waals surface area contributed by atoms with Crippen LogP contribution in [-0.4, -0.2) is 46.2 Å². The van der Waals surface area contributed by atoms with E-state index in [0.717, 1.165) is 22.0 Å². The standard InChI is InChI=1S/C23H28BBrN2O4S/c1-4-16(21-9-5-18(25)11-15(21)2)14-31-23(28)26-19-6-10-22(17(12-19)13-27(3)24)32(29,30)20-7-8-20/h5-6,9-12,16,20H,4,7-8,13-14H2,1-3H3,(H,26,28)/t16-/m0/s1. The molecule has 2 aromatic rings. The first-order valence-corrected chi connectivity index (χ1v) is 13.0. The molecule has 1 atom stereocenters. The highest BCUT2D eigenvalue weighted by Crippen LogP contribution is 2.36. The van der Waals surface area contributed by atoms with Crippen LogP contribution in [0.1, 0.15) is 48.8 Å². The molecule has 0 unspecified atom stereocenters. The van der Waals surface area contributed by atoms with Crippen molar-refractivity contribution in [1.29, 1.82) is 0 Å². The molecular formula is C23H28BBrN2O4S. The van der Waals surface area contributed by atoms with Crippen molar-refractivity contribution in [3.8, 4) is 0 Å². The number of nitrogens with one attached hydrogen (secondary N) is 1. The zero-order valence-corrected chi connectivity index (χ0v) is 21.0. The molecule has 0 spiro atoms. The van der Waals surface area contributed by atoms with Crippen LogP contribution in [0.4, 0.5) is 10.5 Å². The van der Waals surface area contributed by atoms with Gasteiger partial charge in [0.2, 0.25) is 0 Å². The summed E-state index contributed by atoms with van der Waals surface area (Å²) in [6.45, 7) is 4.59. The summed E-state index contributed by atoms with van der Waals surface area (Å²) in [5, 5.41) is 2.39. The third kappa shape index (κ3) is 6.14. The van der Waals surface area contributed by atoms with Crippen LogP contribution in [-0.2, 0) is 21.1 Å². The van der Waals surface area contributed by atoms with E-state index in [1.54, 1.807) is 25.2 Å². The van der Waals surface area contributed by atoms with Crippen LogP contribution in [0.25, 0.3) is 0 Å². The summed E-state index contributed by atoms with van der Waals surface area (Å²) in [7, 11) is 4.06. The number of halogens is 1. The van der Waals surface area contributed by atoms with E-state index in [9.17, 15) is 13.2 Å². The molecule has 0 aromatic heterocycles. The number of ether oxygens (including phenoxy) is 1. The minimum absolute atomic E-state index is 0.0846. The van der Waals surface area contributed by atoms with Crippen LogP contribution in [0, 0.1) is 6.92 Å². The smallest absolute Gasteiger partial charge is 0.411 e. The molecule has 0 saturated heterocycles. The summed E-state index contributed by atoms with van der Waals surface area (Å²) in [6.07, 6.45) is 1.62. The lowest BCUT2D eigenvalue weighted by Gasteiger charge is -2.19. The lowest BCUT2D eigenvalue weighted by molar-refractivity contribution is 0.152.